The van der Waals surface area contributed by atoms with Crippen LogP contribution in [0.4, 0.5) is 10.3 Å². The first kappa shape index (κ1) is 11.6. The highest BCUT2D eigenvalue weighted by molar-refractivity contribution is 6.29. The van der Waals surface area contributed by atoms with E-state index in [9.17, 15) is 9.18 Å². The standard InChI is InChI=1S/C11H8ClFN2O2/c12-5-10(16)15-11-9(6-14-17-11)7-1-3-8(13)4-2-7/h1-4,6H,5H2,(H,15,16). The van der Waals surface area contributed by atoms with Gasteiger partial charge in [-0.25, -0.2) is 4.39 Å². The van der Waals surface area contributed by atoms with Crippen LogP contribution in [0.25, 0.3) is 11.1 Å². The van der Waals surface area contributed by atoms with Crippen LogP contribution in [-0.4, -0.2) is 16.9 Å². The number of carbonyl (C=O) groups excluding carboxylic acids is 1. The van der Waals surface area contributed by atoms with Gasteiger partial charge in [0.25, 0.3) is 0 Å². The SMILES string of the molecule is O=C(CCl)Nc1oncc1-c1ccc(F)cc1. The number of hydrogen-bond donors (Lipinski definition) is 1. The van der Waals surface area contributed by atoms with E-state index < -0.39 is 5.91 Å². The molecule has 2 rings (SSSR count). The Hall–Kier alpha value is -1.88. The Morgan fingerprint density at radius 3 is 2.76 bits per heavy atom. The predicted molar refractivity (Wildman–Crippen MR) is 61.2 cm³/mol. The number of nitrogens with zero attached hydrogens (tertiary/aromatic N) is 1. The summed E-state index contributed by atoms with van der Waals surface area (Å²) < 4.78 is 17.7. The summed E-state index contributed by atoms with van der Waals surface area (Å²) in [5.41, 5.74) is 1.26. The quantitative estimate of drug-likeness (QED) is 0.857. The molecule has 0 aliphatic carbocycles. The van der Waals surface area contributed by atoms with Gasteiger partial charge in [-0.1, -0.05) is 17.3 Å². The highest BCUT2D eigenvalue weighted by atomic mass is 35.5. The number of benzene rings is 1. The van der Waals surface area contributed by atoms with E-state index in [0.717, 1.165) is 0 Å². The van der Waals surface area contributed by atoms with Crippen LogP contribution in [0.2, 0.25) is 0 Å². The third-order valence-electron chi connectivity index (χ3n) is 2.10. The van der Waals surface area contributed by atoms with E-state index in [2.05, 4.69) is 10.5 Å². The molecule has 0 saturated carbocycles. The second kappa shape index (κ2) is 4.97. The van der Waals surface area contributed by atoms with Crippen LogP contribution < -0.4 is 5.32 Å². The van der Waals surface area contributed by atoms with Gasteiger partial charge in [-0.3, -0.25) is 10.1 Å². The highest BCUT2D eigenvalue weighted by Gasteiger charge is 2.12. The Morgan fingerprint density at radius 1 is 1.41 bits per heavy atom. The summed E-state index contributed by atoms with van der Waals surface area (Å²) in [6.45, 7) is 0. The molecule has 88 valence electrons. The second-order valence-electron chi connectivity index (χ2n) is 3.26. The summed E-state index contributed by atoms with van der Waals surface area (Å²) >= 11 is 5.36. The number of aromatic nitrogens is 1. The summed E-state index contributed by atoms with van der Waals surface area (Å²) in [6.07, 6.45) is 1.44. The van der Waals surface area contributed by atoms with Crippen molar-refractivity contribution in [3.63, 3.8) is 0 Å². The molecule has 0 radical (unpaired) electrons. The Labute approximate surface area is 101 Å². The number of amides is 1. The van der Waals surface area contributed by atoms with Gasteiger partial charge in [-0.05, 0) is 17.7 Å². The fourth-order valence-electron chi connectivity index (χ4n) is 1.32. The van der Waals surface area contributed by atoms with Gasteiger partial charge in [0, 0.05) is 0 Å². The summed E-state index contributed by atoms with van der Waals surface area (Å²) in [5.74, 6) is -0.714. The lowest BCUT2D eigenvalue weighted by Crippen LogP contribution is -2.12. The van der Waals surface area contributed by atoms with E-state index in [1.165, 1.54) is 18.3 Å². The van der Waals surface area contributed by atoms with E-state index in [1.54, 1.807) is 12.1 Å². The van der Waals surface area contributed by atoms with Crippen molar-refractivity contribution in [3.8, 4) is 11.1 Å². The van der Waals surface area contributed by atoms with Crippen LogP contribution >= 0.6 is 11.6 Å². The topological polar surface area (TPSA) is 55.1 Å². The zero-order chi connectivity index (χ0) is 12.3. The fraction of sp³-hybridized carbons (Fsp3) is 0.0909. The average Bonchev–Trinajstić information content (AvgIpc) is 2.78. The smallest absolute Gasteiger partial charge is 0.241 e. The summed E-state index contributed by atoms with van der Waals surface area (Å²) in [6, 6.07) is 5.77. The lowest BCUT2D eigenvalue weighted by molar-refractivity contribution is -0.114. The molecular weight excluding hydrogens is 247 g/mol. The molecule has 0 aliphatic rings. The van der Waals surface area contributed by atoms with Crippen molar-refractivity contribution in [2.75, 3.05) is 11.2 Å². The zero-order valence-corrected chi connectivity index (χ0v) is 9.37. The molecule has 0 unspecified atom stereocenters. The first-order chi connectivity index (χ1) is 8.20. The zero-order valence-electron chi connectivity index (χ0n) is 8.61. The third kappa shape index (κ3) is 2.62. The Kier molecular flexibility index (Phi) is 3.39. The molecular formula is C11H8ClFN2O2. The number of hydrogen-bond acceptors (Lipinski definition) is 3. The minimum absolute atomic E-state index is 0.177. The van der Waals surface area contributed by atoms with Gasteiger partial charge < -0.3 is 4.52 Å². The highest BCUT2D eigenvalue weighted by Crippen LogP contribution is 2.27. The number of carbonyl (C=O) groups is 1. The van der Waals surface area contributed by atoms with Gasteiger partial charge in [-0.15, -0.1) is 11.6 Å². The van der Waals surface area contributed by atoms with Gasteiger partial charge >= 0.3 is 0 Å². The van der Waals surface area contributed by atoms with Gasteiger partial charge in [0.15, 0.2) is 0 Å². The van der Waals surface area contributed by atoms with Crippen molar-refractivity contribution in [2.45, 2.75) is 0 Å². The summed E-state index contributed by atoms with van der Waals surface area (Å²) in [4.78, 5) is 11.1. The van der Waals surface area contributed by atoms with Crippen LogP contribution in [-0.2, 0) is 4.79 Å². The monoisotopic (exact) mass is 254 g/mol. The maximum Gasteiger partial charge on any atom is 0.241 e. The fourth-order valence-corrected chi connectivity index (χ4v) is 1.39. The van der Waals surface area contributed by atoms with Crippen LogP contribution in [0.5, 0.6) is 0 Å². The van der Waals surface area contributed by atoms with Crippen LogP contribution in [0.3, 0.4) is 0 Å². The minimum Gasteiger partial charge on any atom is -0.338 e. The normalized spacial score (nSPS) is 10.2. The minimum atomic E-state index is -0.397. The van der Waals surface area contributed by atoms with E-state index in [-0.39, 0.29) is 17.6 Å². The number of alkyl halides is 1. The average molecular weight is 255 g/mol. The van der Waals surface area contributed by atoms with E-state index in [4.69, 9.17) is 16.1 Å². The molecule has 0 fully saturated rings. The molecule has 4 nitrogen and oxygen atoms in total. The molecule has 6 heteroatoms. The van der Waals surface area contributed by atoms with Crippen molar-refractivity contribution in [3.05, 3.63) is 36.3 Å². The van der Waals surface area contributed by atoms with Gasteiger partial charge in [0.1, 0.15) is 11.7 Å². The molecule has 0 bridgehead atoms. The number of halogens is 2. The number of anilines is 1. The molecule has 0 spiro atoms. The van der Waals surface area contributed by atoms with Crippen molar-refractivity contribution in [1.29, 1.82) is 0 Å². The molecule has 17 heavy (non-hydrogen) atoms. The molecule has 1 amide bonds. The Morgan fingerprint density at radius 2 is 2.12 bits per heavy atom. The largest absolute Gasteiger partial charge is 0.338 e. The number of nitrogens with one attached hydrogen (secondary N) is 1. The molecule has 1 aromatic carbocycles. The molecule has 2 aromatic rings. The van der Waals surface area contributed by atoms with Crippen molar-refractivity contribution < 1.29 is 13.7 Å². The molecule has 1 aromatic heterocycles. The van der Waals surface area contributed by atoms with Crippen molar-refractivity contribution in [1.82, 2.24) is 5.16 Å². The molecule has 0 aliphatic heterocycles. The molecule has 1 N–H and O–H groups in total. The molecule has 1 heterocycles. The summed E-state index contributed by atoms with van der Waals surface area (Å²) in [7, 11) is 0. The van der Waals surface area contributed by atoms with Gasteiger partial charge in [0.2, 0.25) is 11.8 Å². The number of rotatable bonds is 3. The Bertz CT molecular complexity index is 525. The lowest BCUT2D eigenvalue weighted by Gasteiger charge is -2.01. The molecule has 0 atom stereocenters. The first-order valence-electron chi connectivity index (χ1n) is 4.77. The Balaban J connectivity index is 2.30. The van der Waals surface area contributed by atoms with Crippen LogP contribution in [0, 0.1) is 5.82 Å². The van der Waals surface area contributed by atoms with Crippen LogP contribution in [0.15, 0.2) is 35.0 Å². The third-order valence-corrected chi connectivity index (χ3v) is 2.34. The van der Waals surface area contributed by atoms with E-state index >= 15 is 0 Å². The lowest BCUT2D eigenvalue weighted by atomic mass is 10.1. The molecule has 0 saturated heterocycles. The van der Waals surface area contributed by atoms with Gasteiger partial charge in [0.05, 0.1) is 11.8 Å². The second-order valence-corrected chi connectivity index (χ2v) is 3.52. The van der Waals surface area contributed by atoms with Gasteiger partial charge in [-0.2, -0.15) is 0 Å². The predicted octanol–water partition coefficient (Wildman–Crippen LogP) is 2.66. The van der Waals surface area contributed by atoms with Crippen molar-refractivity contribution in [2.24, 2.45) is 0 Å². The maximum absolute atomic E-state index is 12.8. The summed E-state index contributed by atoms with van der Waals surface area (Å²) in [5, 5.41) is 6.04. The van der Waals surface area contributed by atoms with E-state index in [1.807, 2.05) is 0 Å². The maximum atomic E-state index is 12.8. The van der Waals surface area contributed by atoms with Crippen LogP contribution in [0.1, 0.15) is 0 Å². The first-order valence-corrected chi connectivity index (χ1v) is 5.30. The van der Waals surface area contributed by atoms with E-state index in [0.29, 0.717) is 11.1 Å². The van der Waals surface area contributed by atoms with Crippen molar-refractivity contribution >= 4 is 23.4 Å².